The molecule has 4 nitrogen and oxygen atoms in total. The lowest BCUT2D eigenvalue weighted by Crippen LogP contribution is -2.33. The summed E-state index contributed by atoms with van der Waals surface area (Å²) in [6, 6.07) is 5.43. The fraction of sp³-hybridized carbons (Fsp3) is 0.500. The van der Waals surface area contributed by atoms with Gasteiger partial charge >= 0.3 is 0 Å². The lowest BCUT2D eigenvalue weighted by molar-refractivity contribution is 0.0949. The van der Waals surface area contributed by atoms with E-state index in [0.29, 0.717) is 17.8 Å². The van der Waals surface area contributed by atoms with Gasteiger partial charge in [0.2, 0.25) is 0 Å². The molecule has 0 bridgehead atoms. The minimum atomic E-state index is -0.0287. The van der Waals surface area contributed by atoms with Gasteiger partial charge in [0.25, 0.3) is 5.91 Å². The number of nitrogens with two attached hydrogens (primary N) is 1. The highest BCUT2D eigenvalue weighted by Gasteiger charge is 2.12. The van der Waals surface area contributed by atoms with Crippen molar-refractivity contribution >= 4 is 11.6 Å². The number of nitrogens with one attached hydrogen (secondary N) is 1. The van der Waals surface area contributed by atoms with Crippen LogP contribution in [-0.4, -0.2) is 37.0 Å². The molecule has 1 saturated heterocycles. The standard InChI is InChI=1S/C14H21N3O/c1-11-4-5-12(15)10-13(11)14(18)16-6-9-17-7-2-3-8-17/h4-5,10H,2-3,6-9,15H2,1H3,(H,16,18). The predicted molar refractivity (Wildman–Crippen MR) is 73.6 cm³/mol. The summed E-state index contributed by atoms with van der Waals surface area (Å²) in [6.45, 7) is 5.88. The van der Waals surface area contributed by atoms with Crippen molar-refractivity contribution in [1.82, 2.24) is 10.2 Å². The molecule has 1 aliphatic heterocycles. The minimum absolute atomic E-state index is 0.0287. The molecule has 0 radical (unpaired) electrons. The zero-order valence-electron chi connectivity index (χ0n) is 10.9. The Kier molecular flexibility index (Phi) is 4.20. The van der Waals surface area contributed by atoms with E-state index in [1.54, 1.807) is 6.07 Å². The number of nitrogens with zero attached hydrogens (tertiary/aromatic N) is 1. The fourth-order valence-electron chi connectivity index (χ4n) is 2.31. The molecule has 1 aromatic carbocycles. The normalized spacial score (nSPS) is 15.8. The Bertz CT molecular complexity index is 425. The first-order valence-corrected chi connectivity index (χ1v) is 6.53. The van der Waals surface area contributed by atoms with Crippen LogP contribution in [0.25, 0.3) is 0 Å². The van der Waals surface area contributed by atoms with Crippen LogP contribution in [0.1, 0.15) is 28.8 Å². The quantitative estimate of drug-likeness (QED) is 0.791. The maximum atomic E-state index is 12.0. The first kappa shape index (κ1) is 12.9. The van der Waals surface area contributed by atoms with Crippen LogP contribution in [0.15, 0.2) is 18.2 Å². The van der Waals surface area contributed by atoms with Gasteiger partial charge in [0, 0.05) is 24.3 Å². The Labute approximate surface area is 108 Å². The molecule has 98 valence electrons. The summed E-state index contributed by atoms with van der Waals surface area (Å²) >= 11 is 0. The number of anilines is 1. The zero-order valence-corrected chi connectivity index (χ0v) is 10.9. The molecule has 2 rings (SSSR count). The Hall–Kier alpha value is -1.55. The Morgan fingerprint density at radius 2 is 2.11 bits per heavy atom. The summed E-state index contributed by atoms with van der Waals surface area (Å²) in [4.78, 5) is 14.4. The maximum absolute atomic E-state index is 12.0. The smallest absolute Gasteiger partial charge is 0.251 e. The minimum Gasteiger partial charge on any atom is -0.399 e. The SMILES string of the molecule is Cc1ccc(N)cc1C(=O)NCCN1CCCC1. The van der Waals surface area contributed by atoms with Crippen LogP contribution in [0.5, 0.6) is 0 Å². The van der Waals surface area contributed by atoms with Crippen molar-refractivity contribution in [2.45, 2.75) is 19.8 Å². The van der Waals surface area contributed by atoms with Crippen LogP contribution in [0.4, 0.5) is 5.69 Å². The molecule has 1 aliphatic rings. The highest BCUT2D eigenvalue weighted by molar-refractivity contribution is 5.96. The number of aryl methyl sites for hydroxylation is 1. The van der Waals surface area contributed by atoms with Crippen LogP contribution in [-0.2, 0) is 0 Å². The first-order valence-electron chi connectivity index (χ1n) is 6.53. The number of hydrogen-bond acceptors (Lipinski definition) is 3. The zero-order chi connectivity index (χ0) is 13.0. The molecule has 1 amide bonds. The highest BCUT2D eigenvalue weighted by atomic mass is 16.1. The summed E-state index contributed by atoms with van der Waals surface area (Å²) in [7, 11) is 0. The third-order valence-corrected chi connectivity index (χ3v) is 3.42. The third kappa shape index (κ3) is 3.23. The van der Waals surface area contributed by atoms with Crippen molar-refractivity contribution in [2.24, 2.45) is 0 Å². The number of likely N-dealkylation sites (tertiary alicyclic amines) is 1. The van der Waals surface area contributed by atoms with Crippen molar-refractivity contribution in [1.29, 1.82) is 0 Å². The molecule has 0 aromatic heterocycles. The van der Waals surface area contributed by atoms with E-state index in [2.05, 4.69) is 10.2 Å². The molecule has 0 saturated carbocycles. The van der Waals surface area contributed by atoms with E-state index >= 15 is 0 Å². The average Bonchev–Trinajstić information content (AvgIpc) is 2.85. The number of benzene rings is 1. The summed E-state index contributed by atoms with van der Waals surface area (Å²) in [5.74, 6) is -0.0287. The second kappa shape index (κ2) is 5.87. The van der Waals surface area contributed by atoms with Crippen LogP contribution in [0.3, 0.4) is 0 Å². The number of amides is 1. The lowest BCUT2D eigenvalue weighted by Gasteiger charge is -2.15. The molecule has 1 aromatic rings. The molecule has 0 spiro atoms. The third-order valence-electron chi connectivity index (χ3n) is 3.42. The van der Waals surface area contributed by atoms with E-state index < -0.39 is 0 Å². The van der Waals surface area contributed by atoms with E-state index in [1.165, 1.54) is 12.8 Å². The summed E-state index contributed by atoms with van der Waals surface area (Å²) in [5, 5.41) is 2.96. The van der Waals surface area contributed by atoms with Crippen molar-refractivity contribution in [3.63, 3.8) is 0 Å². The number of rotatable bonds is 4. The summed E-state index contributed by atoms with van der Waals surface area (Å²) in [6.07, 6.45) is 2.56. The molecular formula is C14H21N3O. The number of hydrogen-bond donors (Lipinski definition) is 2. The first-order chi connectivity index (χ1) is 8.66. The Balaban J connectivity index is 1.85. The average molecular weight is 247 g/mol. The van der Waals surface area contributed by atoms with Crippen molar-refractivity contribution < 1.29 is 4.79 Å². The topological polar surface area (TPSA) is 58.4 Å². The van der Waals surface area contributed by atoms with Crippen LogP contribution in [0.2, 0.25) is 0 Å². The second-order valence-corrected chi connectivity index (χ2v) is 4.88. The van der Waals surface area contributed by atoms with Gasteiger partial charge in [0.1, 0.15) is 0 Å². The largest absolute Gasteiger partial charge is 0.399 e. The van der Waals surface area contributed by atoms with Crippen LogP contribution < -0.4 is 11.1 Å². The van der Waals surface area contributed by atoms with Crippen molar-refractivity contribution in [3.8, 4) is 0 Å². The van der Waals surface area contributed by atoms with E-state index in [4.69, 9.17) is 5.73 Å². The second-order valence-electron chi connectivity index (χ2n) is 4.88. The van der Waals surface area contributed by atoms with Gasteiger partial charge in [-0.05, 0) is 50.6 Å². The molecule has 3 N–H and O–H groups in total. The number of nitrogen functional groups attached to an aromatic ring is 1. The molecule has 1 heterocycles. The van der Waals surface area contributed by atoms with Gasteiger partial charge in [-0.1, -0.05) is 6.07 Å². The molecular weight excluding hydrogens is 226 g/mol. The highest BCUT2D eigenvalue weighted by Crippen LogP contribution is 2.12. The summed E-state index contributed by atoms with van der Waals surface area (Å²) in [5.41, 5.74) is 7.97. The molecule has 0 atom stereocenters. The van der Waals surface area contributed by atoms with Crippen LogP contribution in [0, 0.1) is 6.92 Å². The Morgan fingerprint density at radius 1 is 1.39 bits per heavy atom. The van der Waals surface area contributed by atoms with Gasteiger partial charge in [-0.2, -0.15) is 0 Å². The van der Waals surface area contributed by atoms with E-state index in [1.807, 2.05) is 19.1 Å². The molecule has 1 fully saturated rings. The van der Waals surface area contributed by atoms with Gasteiger partial charge in [0.15, 0.2) is 0 Å². The number of carbonyl (C=O) groups is 1. The molecule has 0 unspecified atom stereocenters. The van der Waals surface area contributed by atoms with Gasteiger partial charge < -0.3 is 16.0 Å². The van der Waals surface area contributed by atoms with Gasteiger partial charge in [-0.25, -0.2) is 0 Å². The van der Waals surface area contributed by atoms with E-state index in [0.717, 1.165) is 25.2 Å². The van der Waals surface area contributed by atoms with Gasteiger partial charge in [-0.3, -0.25) is 4.79 Å². The monoisotopic (exact) mass is 247 g/mol. The molecule has 18 heavy (non-hydrogen) atoms. The Morgan fingerprint density at radius 3 is 2.83 bits per heavy atom. The van der Waals surface area contributed by atoms with Gasteiger partial charge in [-0.15, -0.1) is 0 Å². The van der Waals surface area contributed by atoms with Crippen LogP contribution >= 0.6 is 0 Å². The molecule has 0 aliphatic carbocycles. The lowest BCUT2D eigenvalue weighted by atomic mass is 10.1. The van der Waals surface area contributed by atoms with E-state index in [9.17, 15) is 4.79 Å². The van der Waals surface area contributed by atoms with Crippen molar-refractivity contribution in [2.75, 3.05) is 31.9 Å². The maximum Gasteiger partial charge on any atom is 0.251 e. The molecule has 4 heteroatoms. The number of carbonyl (C=O) groups excluding carboxylic acids is 1. The predicted octanol–water partition coefficient (Wildman–Crippen LogP) is 1.40. The summed E-state index contributed by atoms with van der Waals surface area (Å²) < 4.78 is 0. The van der Waals surface area contributed by atoms with Gasteiger partial charge in [0.05, 0.1) is 0 Å². The van der Waals surface area contributed by atoms with E-state index in [-0.39, 0.29) is 5.91 Å². The fourth-order valence-corrected chi connectivity index (χ4v) is 2.31. The van der Waals surface area contributed by atoms with Crippen molar-refractivity contribution in [3.05, 3.63) is 29.3 Å².